The average molecular weight is 535 g/mol. The monoisotopic (exact) mass is 534 g/mol. The van der Waals surface area contributed by atoms with E-state index in [2.05, 4.69) is 16.9 Å². The summed E-state index contributed by atoms with van der Waals surface area (Å²) in [4.78, 5) is 16.3. The second kappa shape index (κ2) is 12.7. The highest BCUT2D eigenvalue weighted by Gasteiger charge is 2.34. The Morgan fingerprint density at radius 3 is 2.49 bits per heavy atom. The molecule has 4 nitrogen and oxygen atoms in total. The summed E-state index contributed by atoms with van der Waals surface area (Å²) in [5.41, 5.74) is 0.646. The topological polar surface area (TPSA) is 51.2 Å². The smallest absolute Gasteiger partial charge is 0.417 e. The molecule has 1 N–H and O–H groups in total. The van der Waals surface area contributed by atoms with Gasteiger partial charge in [0.15, 0.2) is 0 Å². The third kappa shape index (κ3) is 8.05. The van der Waals surface area contributed by atoms with Crippen LogP contribution in [0.1, 0.15) is 48.9 Å². The molecule has 0 aliphatic heterocycles. The van der Waals surface area contributed by atoms with Gasteiger partial charge in [-0.3, -0.25) is 0 Å². The molecule has 3 aromatic rings. The van der Waals surface area contributed by atoms with Gasteiger partial charge in [-0.05, 0) is 60.2 Å². The van der Waals surface area contributed by atoms with Crippen LogP contribution in [0.5, 0.6) is 0 Å². The normalized spacial score (nSPS) is 12.2. The van der Waals surface area contributed by atoms with Gasteiger partial charge in [0.25, 0.3) is 0 Å². The number of benzene rings is 2. The fourth-order valence-corrected chi connectivity index (χ4v) is 4.02. The molecule has 1 unspecified atom stereocenters. The van der Waals surface area contributed by atoms with Gasteiger partial charge in [-0.15, -0.1) is 0 Å². The van der Waals surface area contributed by atoms with Crippen molar-refractivity contribution in [1.29, 1.82) is 0 Å². The zero-order chi connectivity index (χ0) is 27.0. The summed E-state index contributed by atoms with van der Waals surface area (Å²) in [6.07, 6.45) is -3.37. The number of pyridine rings is 1. The number of nitrogens with one attached hydrogen (secondary N) is 1. The molecule has 0 radical (unpaired) electrons. The van der Waals surface area contributed by atoms with Crippen LogP contribution < -0.4 is 5.32 Å². The van der Waals surface area contributed by atoms with E-state index in [1.807, 2.05) is 37.3 Å². The maximum absolute atomic E-state index is 13.7. The van der Waals surface area contributed by atoms with E-state index >= 15 is 0 Å². The van der Waals surface area contributed by atoms with E-state index in [1.54, 1.807) is 6.07 Å². The highest BCUT2D eigenvalue weighted by Crippen LogP contribution is 2.36. The first-order valence-electron chi connectivity index (χ1n) is 11.8. The van der Waals surface area contributed by atoms with Crippen LogP contribution in [0, 0.1) is 5.82 Å². The Morgan fingerprint density at radius 2 is 1.84 bits per heavy atom. The van der Waals surface area contributed by atoms with E-state index in [1.165, 1.54) is 18.2 Å². The van der Waals surface area contributed by atoms with E-state index in [-0.39, 0.29) is 35.5 Å². The van der Waals surface area contributed by atoms with Crippen molar-refractivity contribution in [2.24, 2.45) is 0 Å². The van der Waals surface area contributed by atoms with Crippen LogP contribution in [0.4, 0.5) is 22.4 Å². The molecule has 0 spiro atoms. The summed E-state index contributed by atoms with van der Waals surface area (Å²) in [7, 11) is 0. The molecule has 37 heavy (non-hydrogen) atoms. The van der Waals surface area contributed by atoms with Crippen LogP contribution >= 0.6 is 11.6 Å². The van der Waals surface area contributed by atoms with Crippen LogP contribution in [0.2, 0.25) is 5.02 Å². The average Bonchev–Trinajstić information content (AvgIpc) is 2.88. The molecule has 196 valence electrons. The molecule has 0 saturated carbocycles. The number of hydrogen-bond donors (Lipinski definition) is 1. The Kier molecular flexibility index (Phi) is 9.69. The van der Waals surface area contributed by atoms with Gasteiger partial charge in [-0.1, -0.05) is 61.9 Å². The number of carbonyl (C=O) groups is 1. The van der Waals surface area contributed by atoms with Gasteiger partial charge in [0.05, 0.1) is 22.0 Å². The quantitative estimate of drug-likeness (QED) is 0.266. The van der Waals surface area contributed by atoms with E-state index in [0.717, 1.165) is 18.1 Å². The summed E-state index contributed by atoms with van der Waals surface area (Å²) in [6.45, 7) is 5.54. The number of allylic oxidation sites excluding steroid dienone is 1. The SMILES string of the molecule is C=C(c1cc(C(CCC)CCNC(=O)OCc2ccccc2)cc(-c2ccc(F)c(Cl)c2)n1)C(F)(F)F. The van der Waals surface area contributed by atoms with Crippen LogP contribution in [-0.2, 0) is 11.3 Å². The molecule has 1 heterocycles. The van der Waals surface area contributed by atoms with Gasteiger partial charge >= 0.3 is 12.3 Å². The Morgan fingerprint density at radius 1 is 1.11 bits per heavy atom. The van der Waals surface area contributed by atoms with Gasteiger partial charge in [-0.25, -0.2) is 14.2 Å². The van der Waals surface area contributed by atoms with Crippen molar-refractivity contribution in [2.45, 2.75) is 44.9 Å². The molecule has 9 heteroatoms. The molecule has 0 saturated heterocycles. The number of ether oxygens (including phenoxy) is 1. The number of nitrogens with zero attached hydrogens (tertiary/aromatic N) is 1. The minimum atomic E-state index is -4.67. The first-order chi connectivity index (χ1) is 17.6. The lowest BCUT2D eigenvalue weighted by Crippen LogP contribution is -2.26. The molecule has 0 aliphatic carbocycles. The van der Waals surface area contributed by atoms with Crippen molar-refractivity contribution in [1.82, 2.24) is 10.3 Å². The zero-order valence-electron chi connectivity index (χ0n) is 20.2. The lowest BCUT2D eigenvalue weighted by atomic mass is 9.89. The summed E-state index contributed by atoms with van der Waals surface area (Å²) >= 11 is 5.90. The fraction of sp³-hybridized carbons (Fsp3) is 0.286. The lowest BCUT2D eigenvalue weighted by Gasteiger charge is -2.20. The molecule has 2 aromatic carbocycles. The second-order valence-corrected chi connectivity index (χ2v) is 8.95. The molecular formula is C28H27ClF4N2O2. The molecule has 0 aliphatic rings. The van der Waals surface area contributed by atoms with Crippen molar-refractivity contribution < 1.29 is 27.1 Å². The third-order valence-corrected chi connectivity index (χ3v) is 6.09. The van der Waals surface area contributed by atoms with Crippen molar-refractivity contribution in [3.63, 3.8) is 0 Å². The third-order valence-electron chi connectivity index (χ3n) is 5.80. The number of alkyl halides is 3. The van der Waals surface area contributed by atoms with Gasteiger partial charge in [0, 0.05) is 12.1 Å². The largest absolute Gasteiger partial charge is 0.445 e. The van der Waals surface area contributed by atoms with Crippen molar-refractivity contribution in [2.75, 3.05) is 6.54 Å². The van der Waals surface area contributed by atoms with E-state index in [9.17, 15) is 22.4 Å². The van der Waals surface area contributed by atoms with Crippen LogP contribution in [0.3, 0.4) is 0 Å². The van der Waals surface area contributed by atoms with Crippen LogP contribution in [0.25, 0.3) is 16.8 Å². The highest BCUT2D eigenvalue weighted by atomic mass is 35.5. The summed E-state index contributed by atoms with van der Waals surface area (Å²) in [5.74, 6) is -0.826. The van der Waals surface area contributed by atoms with Crippen LogP contribution in [0.15, 0.2) is 67.2 Å². The van der Waals surface area contributed by atoms with Crippen LogP contribution in [-0.4, -0.2) is 23.8 Å². The Labute approximate surface area is 218 Å². The summed E-state index contributed by atoms with van der Waals surface area (Å²) in [6, 6.07) is 16.1. The van der Waals surface area contributed by atoms with E-state index < -0.39 is 23.7 Å². The first-order valence-corrected chi connectivity index (χ1v) is 12.1. The maximum atomic E-state index is 13.7. The Balaban J connectivity index is 1.81. The lowest BCUT2D eigenvalue weighted by molar-refractivity contribution is -0.0689. The molecular weight excluding hydrogens is 508 g/mol. The molecule has 1 amide bonds. The molecule has 3 rings (SSSR count). The zero-order valence-corrected chi connectivity index (χ0v) is 21.0. The van der Waals surface area contributed by atoms with Crippen molar-refractivity contribution >= 4 is 23.3 Å². The molecule has 1 aromatic heterocycles. The molecule has 1 atom stereocenters. The molecule has 0 fully saturated rings. The molecule has 0 bridgehead atoms. The number of rotatable bonds is 10. The standard InChI is InChI=1S/C28H27ClF4N2O2/c1-3-7-20(12-13-34-27(36)37-17-19-8-5-4-6-9-19)22-15-25(18(2)28(31,32)33)35-26(16-22)21-10-11-24(30)23(29)14-21/h4-6,8-11,14-16,20H,2-3,7,12-13,17H2,1H3,(H,34,36). The number of carbonyl (C=O) groups excluding carboxylic acids is 1. The van der Waals surface area contributed by atoms with E-state index in [0.29, 0.717) is 24.0 Å². The minimum absolute atomic E-state index is 0.127. The number of hydrogen-bond acceptors (Lipinski definition) is 3. The number of aromatic nitrogens is 1. The number of halogens is 5. The van der Waals surface area contributed by atoms with Gasteiger partial charge in [0.2, 0.25) is 0 Å². The van der Waals surface area contributed by atoms with Gasteiger partial charge in [-0.2, -0.15) is 13.2 Å². The highest BCUT2D eigenvalue weighted by molar-refractivity contribution is 6.31. The second-order valence-electron chi connectivity index (χ2n) is 8.54. The predicted octanol–water partition coefficient (Wildman–Crippen LogP) is 8.32. The summed E-state index contributed by atoms with van der Waals surface area (Å²) < 4.78 is 59.3. The minimum Gasteiger partial charge on any atom is -0.445 e. The fourth-order valence-electron chi connectivity index (χ4n) is 3.84. The number of amides is 1. The van der Waals surface area contributed by atoms with Crippen molar-refractivity contribution in [3.05, 3.63) is 94.9 Å². The predicted molar refractivity (Wildman–Crippen MR) is 137 cm³/mol. The van der Waals surface area contributed by atoms with Gasteiger partial charge < -0.3 is 10.1 Å². The van der Waals surface area contributed by atoms with Crippen molar-refractivity contribution in [3.8, 4) is 11.3 Å². The summed E-state index contributed by atoms with van der Waals surface area (Å²) in [5, 5.41) is 2.54. The maximum Gasteiger partial charge on any atom is 0.417 e. The number of alkyl carbamates (subject to hydrolysis) is 1. The Hall–Kier alpha value is -3.39. The van der Waals surface area contributed by atoms with E-state index in [4.69, 9.17) is 16.3 Å². The van der Waals surface area contributed by atoms with Gasteiger partial charge in [0.1, 0.15) is 12.4 Å². The first kappa shape index (κ1) is 28.2. The Bertz CT molecular complexity index is 1230.